The Balaban J connectivity index is 1.50. The van der Waals surface area contributed by atoms with Gasteiger partial charge in [0.05, 0.1) is 11.1 Å². The van der Waals surface area contributed by atoms with Crippen LogP contribution in [0.5, 0.6) is 0 Å². The van der Waals surface area contributed by atoms with E-state index in [1.165, 1.54) is 0 Å². The summed E-state index contributed by atoms with van der Waals surface area (Å²) in [4.78, 5) is 27.3. The van der Waals surface area contributed by atoms with Crippen molar-refractivity contribution in [2.75, 3.05) is 0 Å². The minimum Gasteiger partial charge on any atom is -0.457 e. The molecule has 0 aromatic heterocycles. The van der Waals surface area contributed by atoms with Gasteiger partial charge >= 0.3 is 11.9 Å². The molecule has 0 saturated heterocycles. The summed E-state index contributed by atoms with van der Waals surface area (Å²) in [5.41, 5.74) is 3.88. The summed E-state index contributed by atoms with van der Waals surface area (Å²) in [6.07, 6.45) is 0. The SMILES string of the molecule is O=C(OCc1ccccc1)c1ccc2ccccc2c1-c1c(C(=O)OCc2ccccc2)ccc2ccccc12. The molecule has 6 aromatic rings. The van der Waals surface area contributed by atoms with Gasteiger partial charge in [0, 0.05) is 11.1 Å². The van der Waals surface area contributed by atoms with Gasteiger partial charge < -0.3 is 9.47 Å². The van der Waals surface area contributed by atoms with E-state index < -0.39 is 11.9 Å². The highest BCUT2D eigenvalue weighted by Gasteiger charge is 2.24. The van der Waals surface area contributed by atoms with Crippen LogP contribution in [0.4, 0.5) is 0 Å². The molecule has 6 aromatic carbocycles. The first-order valence-corrected chi connectivity index (χ1v) is 13.1. The Morgan fingerprint density at radius 2 is 0.800 bits per heavy atom. The van der Waals surface area contributed by atoms with Crippen molar-refractivity contribution in [3.05, 3.63) is 156 Å². The van der Waals surface area contributed by atoms with Crippen molar-refractivity contribution in [2.24, 2.45) is 0 Å². The molecule has 6 rings (SSSR count). The van der Waals surface area contributed by atoms with E-state index in [0.717, 1.165) is 32.7 Å². The van der Waals surface area contributed by atoms with Crippen LogP contribution in [0.2, 0.25) is 0 Å². The molecule has 0 unspecified atom stereocenters. The molecule has 0 fully saturated rings. The highest BCUT2D eigenvalue weighted by Crippen LogP contribution is 2.40. The molecule has 0 radical (unpaired) electrons. The fourth-order valence-electron chi connectivity index (χ4n) is 5.02. The fraction of sp³-hybridized carbons (Fsp3) is 0.0556. The third-order valence-electron chi connectivity index (χ3n) is 6.97. The zero-order valence-electron chi connectivity index (χ0n) is 21.7. The Bertz CT molecular complexity index is 1690. The third kappa shape index (κ3) is 5.07. The Morgan fingerprint density at radius 3 is 1.23 bits per heavy atom. The number of ether oxygens (including phenoxy) is 2. The number of hydrogen-bond acceptors (Lipinski definition) is 4. The van der Waals surface area contributed by atoms with Crippen molar-refractivity contribution in [2.45, 2.75) is 13.2 Å². The standard InChI is InChI=1S/C36H26O4/c37-35(39-23-25-11-3-1-4-12-25)31-21-19-27-15-7-9-17-29(27)33(31)34-30-18-10-8-16-28(30)20-22-32(34)36(38)40-24-26-13-5-2-6-14-26/h1-22H,23-24H2. The molecule has 0 bridgehead atoms. The van der Waals surface area contributed by atoms with Gasteiger partial charge in [-0.1, -0.05) is 121 Å². The molecule has 0 saturated carbocycles. The summed E-state index contributed by atoms with van der Waals surface area (Å²) < 4.78 is 11.6. The number of fused-ring (bicyclic) bond motifs is 2. The number of esters is 2. The maximum atomic E-state index is 13.6. The van der Waals surface area contributed by atoms with Crippen molar-refractivity contribution in [3.63, 3.8) is 0 Å². The van der Waals surface area contributed by atoms with E-state index in [1.807, 2.05) is 121 Å². The van der Waals surface area contributed by atoms with Crippen LogP contribution in [0.3, 0.4) is 0 Å². The summed E-state index contributed by atoms with van der Waals surface area (Å²) in [6.45, 7) is 0.293. The van der Waals surface area contributed by atoms with Crippen LogP contribution in [0.15, 0.2) is 133 Å². The lowest BCUT2D eigenvalue weighted by Gasteiger charge is -2.18. The van der Waals surface area contributed by atoms with Gasteiger partial charge in [-0.15, -0.1) is 0 Å². The van der Waals surface area contributed by atoms with E-state index in [9.17, 15) is 9.59 Å². The number of carbonyl (C=O) groups is 2. The molecule has 0 aliphatic rings. The quantitative estimate of drug-likeness (QED) is 0.198. The average molecular weight is 523 g/mol. The summed E-state index contributed by atoms with van der Waals surface area (Å²) >= 11 is 0. The zero-order chi connectivity index (χ0) is 27.3. The van der Waals surface area contributed by atoms with Crippen LogP contribution in [0.1, 0.15) is 31.8 Å². The van der Waals surface area contributed by atoms with Crippen LogP contribution in [0, 0.1) is 0 Å². The zero-order valence-corrected chi connectivity index (χ0v) is 21.7. The summed E-state index contributed by atoms with van der Waals surface area (Å²) in [7, 11) is 0. The summed E-state index contributed by atoms with van der Waals surface area (Å²) in [5.74, 6) is -0.915. The van der Waals surface area contributed by atoms with E-state index >= 15 is 0 Å². The fourth-order valence-corrected chi connectivity index (χ4v) is 5.02. The van der Waals surface area contributed by atoms with Crippen molar-refractivity contribution in [3.8, 4) is 11.1 Å². The largest absolute Gasteiger partial charge is 0.457 e. The molecule has 0 amide bonds. The second-order valence-corrected chi connectivity index (χ2v) is 9.54. The predicted molar refractivity (Wildman–Crippen MR) is 158 cm³/mol. The topological polar surface area (TPSA) is 52.6 Å². The first-order valence-electron chi connectivity index (χ1n) is 13.1. The van der Waals surface area contributed by atoms with Gasteiger partial charge in [-0.2, -0.15) is 0 Å². The van der Waals surface area contributed by atoms with Crippen LogP contribution in [-0.4, -0.2) is 11.9 Å². The number of rotatable bonds is 7. The normalized spacial score (nSPS) is 10.9. The maximum Gasteiger partial charge on any atom is 0.339 e. The van der Waals surface area contributed by atoms with E-state index in [-0.39, 0.29) is 13.2 Å². The third-order valence-corrected chi connectivity index (χ3v) is 6.97. The van der Waals surface area contributed by atoms with Gasteiger partial charge in [0.2, 0.25) is 0 Å². The van der Waals surface area contributed by atoms with Crippen molar-refractivity contribution in [1.29, 1.82) is 0 Å². The lowest BCUT2D eigenvalue weighted by atomic mass is 9.87. The van der Waals surface area contributed by atoms with Gasteiger partial charge in [-0.3, -0.25) is 0 Å². The Labute approximate surface area is 232 Å². The van der Waals surface area contributed by atoms with Crippen LogP contribution < -0.4 is 0 Å². The van der Waals surface area contributed by atoms with Gasteiger partial charge in [-0.05, 0) is 44.8 Å². The molecule has 0 aliphatic heterocycles. The smallest absolute Gasteiger partial charge is 0.339 e. The molecule has 40 heavy (non-hydrogen) atoms. The monoisotopic (exact) mass is 522 g/mol. The first kappa shape index (κ1) is 25.1. The van der Waals surface area contributed by atoms with Gasteiger partial charge in [0.15, 0.2) is 0 Å². The van der Waals surface area contributed by atoms with Crippen molar-refractivity contribution >= 4 is 33.5 Å². The van der Waals surface area contributed by atoms with Crippen LogP contribution in [0.25, 0.3) is 32.7 Å². The lowest BCUT2D eigenvalue weighted by molar-refractivity contribution is 0.0462. The molecule has 4 heteroatoms. The van der Waals surface area contributed by atoms with Crippen molar-refractivity contribution < 1.29 is 19.1 Å². The van der Waals surface area contributed by atoms with E-state index in [0.29, 0.717) is 22.3 Å². The molecular weight excluding hydrogens is 496 g/mol. The van der Waals surface area contributed by atoms with E-state index in [1.54, 1.807) is 12.1 Å². The molecule has 0 N–H and O–H groups in total. The molecule has 0 heterocycles. The molecule has 0 atom stereocenters. The van der Waals surface area contributed by atoms with Gasteiger partial charge in [-0.25, -0.2) is 9.59 Å². The average Bonchev–Trinajstić information content (AvgIpc) is 3.02. The molecular formula is C36H26O4. The Kier molecular flexibility index (Phi) is 7.06. The highest BCUT2D eigenvalue weighted by atomic mass is 16.5. The number of benzene rings is 6. The molecule has 0 aliphatic carbocycles. The number of carbonyl (C=O) groups excluding carboxylic acids is 2. The minimum absolute atomic E-state index is 0.146. The van der Waals surface area contributed by atoms with E-state index in [2.05, 4.69) is 0 Å². The summed E-state index contributed by atoms with van der Waals surface area (Å²) in [6, 6.07) is 42.3. The second-order valence-electron chi connectivity index (χ2n) is 9.54. The second kappa shape index (κ2) is 11.3. The molecule has 0 spiro atoms. The lowest BCUT2D eigenvalue weighted by Crippen LogP contribution is -2.11. The van der Waals surface area contributed by atoms with Crippen molar-refractivity contribution in [1.82, 2.24) is 0 Å². The first-order chi connectivity index (χ1) is 19.7. The Hall–Kier alpha value is -5.22. The number of hydrogen-bond donors (Lipinski definition) is 0. The van der Waals surface area contributed by atoms with E-state index in [4.69, 9.17) is 9.47 Å². The minimum atomic E-state index is -0.457. The highest BCUT2D eigenvalue weighted by molar-refractivity contribution is 6.17. The van der Waals surface area contributed by atoms with Gasteiger partial charge in [0.1, 0.15) is 13.2 Å². The summed E-state index contributed by atoms with van der Waals surface area (Å²) in [5, 5.41) is 3.61. The molecule has 4 nitrogen and oxygen atoms in total. The maximum absolute atomic E-state index is 13.6. The van der Waals surface area contributed by atoms with Crippen LogP contribution >= 0.6 is 0 Å². The Morgan fingerprint density at radius 1 is 0.425 bits per heavy atom. The predicted octanol–water partition coefficient (Wildman–Crippen LogP) is 8.37. The van der Waals surface area contributed by atoms with Crippen LogP contribution in [-0.2, 0) is 22.7 Å². The molecule has 194 valence electrons. The van der Waals surface area contributed by atoms with Gasteiger partial charge in [0.25, 0.3) is 0 Å².